The first-order valence-electron chi connectivity index (χ1n) is 13.7. The van der Waals surface area contributed by atoms with Gasteiger partial charge in [-0.05, 0) is 48.6 Å². The maximum Gasteiger partial charge on any atom is 0.119 e. The Hall–Kier alpha value is -1.80. The lowest BCUT2D eigenvalue weighted by molar-refractivity contribution is 0.0627. The molecule has 0 aliphatic carbocycles. The normalized spacial score (nSPS) is 12.1. The van der Waals surface area contributed by atoms with Gasteiger partial charge in [0.1, 0.15) is 5.75 Å². The van der Waals surface area contributed by atoms with Crippen LogP contribution in [0, 0.1) is 0 Å². The first kappa shape index (κ1) is 27.4. The minimum atomic E-state index is 0.150. The summed E-state index contributed by atoms with van der Waals surface area (Å²) >= 11 is 0. The van der Waals surface area contributed by atoms with E-state index in [0.29, 0.717) is 0 Å². The Labute approximate surface area is 204 Å². The molecular weight excluding hydrogens is 404 g/mol. The van der Waals surface area contributed by atoms with Crippen LogP contribution in [0.25, 0.3) is 11.1 Å². The van der Waals surface area contributed by atoms with Gasteiger partial charge in [0, 0.05) is 6.61 Å². The zero-order valence-electron chi connectivity index (χ0n) is 21.6. The summed E-state index contributed by atoms with van der Waals surface area (Å²) in [5.41, 5.74) is 3.71. The molecule has 0 fully saturated rings. The molecule has 2 aromatic carbocycles. The van der Waals surface area contributed by atoms with E-state index in [9.17, 15) is 0 Å². The summed E-state index contributed by atoms with van der Waals surface area (Å²) < 4.78 is 12.0. The molecule has 0 N–H and O–H groups in total. The maximum atomic E-state index is 6.06. The molecule has 2 aromatic rings. The zero-order chi connectivity index (χ0) is 23.6. The summed E-state index contributed by atoms with van der Waals surface area (Å²) in [6.07, 6.45) is 17.2. The standard InChI is InChI=1S/C31H48O2/c1-4-6-8-10-12-14-16-26-33-31-23-21-30(22-24-31)29-19-17-28(18-20-29)27(3)32-25-15-13-11-9-7-5-2/h17-24,27H,4-16,25-26H2,1-3H3. The van der Waals surface area contributed by atoms with Gasteiger partial charge in [-0.3, -0.25) is 0 Å². The Morgan fingerprint density at radius 2 is 1.00 bits per heavy atom. The lowest BCUT2D eigenvalue weighted by Crippen LogP contribution is -2.01. The second-order valence-corrected chi connectivity index (χ2v) is 9.40. The van der Waals surface area contributed by atoms with E-state index in [-0.39, 0.29) is 6.10 Å². The molecule has 0 spiro atoms. The van der Waals surface area contributed by atoms with Gasteiger partial charge < -0.3 is 9.47 Å². The van der Waals surface area contributed by atoms with E-state index in [2.05, 4.69) is 69.3 Å². The van der Waals surface area contributed by atoms with Crippen molar-refractivity contribution >= 4 is 0 Å². The zero-order valence-corrected chi connectivity index (χ0v) is 21.6. The molecular formula is C31H48O2. The van der Waals surface area contributed by atoms with Crippen molar-refractivity contribution in [2.45, 2.75) is 110 Å². The number of rotatable bonds is 19. The van der Waals surface area contributed by atoms with E-state index < -0.39 is 0 Å². The Morgan fingerprint density at radius 3 is 1.55 bits per heavy atom. The van der Waals surface area contributed by atoms with Crippen molar-refractivity contribution in [2.24, 2.45) is 0 Å². The highest BCUT2D eigenvalue weighted by Crippen LogP contribution is 2.25. The molecule has 184 valence electrons. The van der Waals surface area contributed by atoms with Crippen molar-refractivity contribution in [3.8, 4) is 16.9 Å². The SMILES string of the molecule is CCCCCCCCCOc1ccc(-c2ccc(C(C)OCCCCCCCC)cc2)cc1. The summed E-state index contributed by atoms with van der Waals surface area (Å²) in [4.78, 5) is 0. The summed E-state index contributed by atoms with van der Waals surface area (Å²) in [7, 11) is 0. The minimum Gasteiger partial charge on any atom is -0.494 e. The Bertz CT molecular complexity index is 705. The van der Waals surface area contributed by atoms with Crippen LogP contribution in [0.3, 0.4) is 0 Å². The van der Waals surface area contributed by atoms with Gasteiger partial charge in [-0.1, -0.05) is 121 Å². The van der Waals surface area contributed by atoms with Crippen LogP contribution in [0.5, 0.6) is 5.75 Å². The van der Waals surface area contributed by atoms with Crippen LogP contribution >= 0.6 is 0 Å². The summed E-state index contributed by atoms with van der Waals surface area (Å²) in [6, 6.07) is 17.3. The smallest absolute Gasteiger partial charge is 0.119 e. The monoisotopic (exact) mass is 452 g/mol. The molecule has 0 bridgehead atoms. The molecule has 2 nitrogen and oxygen atoms in total. The minimum absolute atomic E-state index is 0.150. The van der Waals surface area contributed by atoms with E-state index in [1.54, 1.807) is 0 Å². The van der Waals surface area contributed by atoms with E-state index in [4.69, 9.17) is 9.47 Å². The molecule has 2 rings (SSSR count). The van der Waals surface area contributed by atoms with Crippen LogP contribution < -0.4 is 4.74 Å². The molecule has 2 heteroatoms. The van der Waals surface area contributed by atoms with Crippen LogP contribution in [0.4, 0.5) is 0 Å². The highest BCUT2D eigenvalue weighted by molar-refractivity contribution is 5.64. The van der Waals surface area contributed by atoms with Gasteiger partial charge >= 0.3 is 0 Å². The van der Waals surface area contributed by atoms with Gasteiger partial charge in [0.05, 0.1) is 12.7 Å². The molecule has 33 heavy (non-hydrogen) atoms. The second kappa shape index (κ2) is 17.6. The average molecular weight is 453 g/mol. The third-order valence-corrected chi connectivity index (χ3v) is 6.45. The van der Waals surface area contributed by atoms with Crippen LogP contribution in [0.2, 0.25) is 0 Å². The molecule has 0 aromatic heterocycles. The number of unbranched alkanes of at least 4 members (excludes halogenated alkanes) is 11. The van der Waals surface area contributed by atoms with E-state index in [1.807, 2.05) is 0 Å². The van der Waals surface area contributed by atoms with E-state index in [1.165, 1.54) is 93.7 Å². The van der Waals surface area contributed by atoms with Crippen molar-refractivity contribution in [2.75, 3.05) is 13.2 Å². The quantitative estimate of drug-likeness (QED) is 0.197. The predicted octanol–water partition coefficient (Wildman–Crippen LogP) is 9.92. The third kappa shape index (κ3) is 11.8. The van der Waals surface area contributed by atoms with Crippen LogP contribution in [0.1, 0.15) is 116 Å². The molecule has 1 atom stereocenters. The lowest BCUT2D eigenvalue weighted by atomic mass is 10.0. The van der Waals surface area contributed by atoms with Crippen LogP contribution in [-0.4, -0.2) is 13.2 Å². The highest BCUT2D eigenvalue weighted by atomic mass is 16.5. The van der Waals surface area contributed by atoms with Crippen molar-refractivity contribution < 1.29 is 9.47 Å². The largest absolute Gasteiger partial charge is 0.494 e. The molecule has 0 radical (unpaired) electrons. The Balaban J connectivity index is 1.67. The van der Waals surface area contributed by atoms with E-state index >= 15 is 0 Å². The molecule has 0 amide bonds. The summed E-state index contributed by atoms with van der Waals surface area (Å²) in [6.45, 7) is 8.36. The number of benzene rings is 2. The summed E-state index contributed by atoms with van der Waals surface area (Å²) in [5.74, 6) is 0.970. The third-order valence-electron chi connectivity index (χ3n) is 6.45. The molecule has 0 saturated carbocycles. The second-order valence-electron chi connectivity index (χ2n) is 9.40. The number of hydrogen-bond donors (Lipinski definition) is 0. The number of hydrogen-bond acceptors (Lipinski definition) is 2. The van der Waals surface area contributed by atoms with Gasteiger partial charge in [0.15, 0.2) is 0 Å². The van der Waals surface area contributed by atoms with E-state index in [0.717, 1.165) is 25.4 Å². The van der Waals surface area contributed by atoms with Crippen molar-refractivity contribution in [1.29, 1.82) is 0 Å². The fourth-order valence-electron chi connectivity index (χ4n) is 4.18. The Morgan fingerprint density at radius 1 is 0.545 bits per heavy atom. The lowest BCUT2D eigenvalue weighted by Gasteiger charge is -2.14. The average Bonchev–Trinajstić information content (AvgIpc) is 2.85. The molecule has 0 aliphatic heterocycles. The van der Waals surface area contributed by atoms with Crippen LogP contribution in [0.15, 0.2) is 48.5 Å². The maximum absolute atomic E-state index is 6.06. The molecule has 0 aliphatic rings. The fourth-order valence-corrected chi connectivity index (χ4v) is 4.18. The van der Waals surface area contributed by atoms with Crippen molar-refractivity contribution in [3.05, 3.63) is 54.1 Å². The van der Waals surface area contributed by atoms with Gasteiger partial charge in [-0.25, -0.2) is 0 Å². The highest BCUT2D eigenvalue weighted by Gasteiger charge is 2.06. The van der Waals surface area contributed by atoms with Gasteiger partial charge in [-0.15, -0.1) is 0 Å². The van der Waals surface area contributed by atoms with Crippen molar-refractivity contribution in [3.63, 3.8) is 0 Å². The van der Waals surface area contributed by atoms with Gasteiger partial charge in [0.25, 0.3) is 0 Å². The first-order chi connectivity index (χ1) is 16.2. The Kier molecular flexibility index (Phi) is 14.7. The fraction of sp³-hybridized carbons (Fsp3) is 0.613. The number of ether oxygens (including phenoxy) is 2. The topological polar surface area (TPSA) is 18.5 Å². The van der Waals surface area contributed by atoms with Crippen LogP contribution in [-0.2, 0) is 4.74 Å². The summed E-state index contributed by atoms with van der Waals surface area (Å²) in [5, 5.41) is 0. The molecule has 0 heterocycles. The first-order valence-corrected chi connectivity index (χ1v) is 13.7. The van der Waals surface area contributed by atoms with Gasteiger partial charge in [0.2, 0.25) is 0 Å². The molecule has 1 unspecified atom stereocenters. The van der Waals surface area contributed by atoms with Crippen molar-refractivity contribution in [1.82, 2.24) is 0 Å². The predicted molar refractivity (Wildman–Crippen MR) is 143 cm³/mol. The molecule has 0 saturated heterocycles. The van der Waals surface area contributed by atoms with Gasteiger partial charge in [-0.2, -0.15) is 0 Å².